The number of rotatable bonds is 4. The summed E-state index contributed by atoms with van der Waals surface area (Å²) < 4.78 is 0. The molecule has 0 N–H and O–H groups in total. The highest BCUT2D eigenvalue weighted by molar-refractivity contribution is 6.19. The van der Waals surface area contributed by atoms with Crippen molar-refractivity contribution >= 4 is 28.2 Å². The number of aliphatic imine (C=N–C) groups is 1. The number of nitrogens with zero attached hydrogens (tertiary/aromatic N) is 3. The molecular formula is C28H29N3. The lowest BCUT2D eigenvalue weighted by molar-refractivity contribution is 1.13. The van der Waals surface area contributed by atoms with E-state index < -0.39 is 0 Å². The Balaban J connectivity index is 1.97. The molecule has 0 amide bonds. The van der Waals surface area contributed by atoms with Crippen LogP contribution < -0.4 is 9.80 Å². The fourth-order valence-electron chi connectivity index (χ4n) is 4.03. The topological polar surface area (TPSA) is 18.8 Å². The molecule has 0 fully saturated rings. The molecular weight excluding hydrogens is 378 g/mol. The molecule has 0 saturated carbocycles. The number of hydrogen-bond acceptors (Lipinski definition) is 3. The van der Waals surface area contributed by atoms with Crippen molar-refractivity contribution < 1.29 is 0 Å². The lowest BCUT2D eigenvalue weighted by Gasteiger charge is -2.22. The fraction of sp³-hybridized carbons (Fsp3) is 0.179. The average molecular weight is 408 g/mol. The van der Waals surface area contributed by atoms with Crippen LogP contribution in [0.15, 0.2) is 89.9 Å². The average Bonchev–Trinajstić information content (AvgIpc) is 2.80. The van der Waals surface area contributed by atoms with Crippen LogP contribution in [-0.2, 0) is 0 Å². The number of benzene rings is 3. The van der Waals surface area contributed by atoms with Gasteiger partial charge in [-0.1, -0.05) is 54.6 Å². The van der Waals surface area contributed by atoms with E-state index in [0.717, 1.165) is 5.71 Å². The van der Waals surface area contributed by atoms with E-state index in [0.29, 0.717) is 0 Å². The Bertz CT molecular complexity index is 1110. The molecule has 0 unspecified atom stereocenters. The summed E-state index contributed by atoms with van der Waals surface area (Å²) >= 11 is 0. The Hall–Kier alpha value is -3.59. The van der Waals surface area contributed by atoms with Gasteiger partial charge in [-0.3, -0.25) is 4.99 Å². The number of allylic oxidation sites excluding steroid dienone is 3. The zero-order chi connectivity index (χ0) is 22.0. The molecule has 0 spiro atoms. The molecule has 0 aliphatic heterocycles. The summed E-state index contributed by atoms with van der Waals surface area (Å²) in [5.41, 5.74) is 10.7. The first-order valence-electron chi connectivity index (χ1n) is 10.5. The van der Waals surface area contributed by atoms with E-state index in [1.807, 2.05) is 7.05 Å². The van der Waals surface area contributed by atoms with Gasteiger partial charge >= 0.3 is 0 Å². The molecule has 0 aromatic heterocycles. The molecule has 0 radical (unpaired) electrons. The van der Waals surface area contributed by atoms with E-state index in [1.54, 1.807) is 0 Å². The lowest BCUT2D eigenvalue weighted by Crippen LogP contribution is -2.10. The minimum absolute atomic E-state index is 1.02. The number of hydrogen-bond donors (Lipinski definition) is 0. The molecule has 0 saturated heterocycles. The van der Waals surface area contributed by atoms with Crippen molar-refractivity contribution in [1.82, 2.24) is 0 Å². The summed E-state index contributed by atoms with van der Waals surface area (Å²) in [5, 5.41) is 0. The highest BCUT2D eigenvalue weighted by atomic mass is 15.1. The summed E-state index contributed by atoms with van der Waals surface area (Å²) in [4.78, 5) is 8.74. The van der Waals surface area contributed by atoms with Gasteiger partial charge in [0.15, 0.2) is 0 Å². The molecule has 4 rings (SSSR count). The second-order valence-corrected chi connectivity index (χ2v) is 8.16. The van der Waals surface area contributed by atoms with Crippen molar-refractivity contribution in [3.05, 3.63) is 107 Å². The third kappa shape index (κ3) is 4.04. The Morgan fingerprint density at radius 1 is 0.613 bits per heavy atom. The van der Waals surface area contributed by atoms with Crippen molar-refractivity contribution in [3.8, 4) is 0 Å². The van der Waals surface area contributed by atoms with Gasteiger partial charge in [-0.15, -0.1) is 0 Å². The van der Waals surface area contributed by atoms with Gasteiger partial charge < -0.3 is 9.80 Å². The second-order valence-electron chi connectivity index (χ2n) is 8.16. The maximum Gasteiger partial charge on any atom is 0.0649 e. The number of fused-ring (bicyclic) bond motifs is 1. The molecule has 3 heteroatoms. The van der Waals surface area contributed by atoms with Crippen molar-refractivity contribution in [2.75, 3.05) is 45.0 Å². The van der Waals surface area contributed by atoms with Crippen LogP contribution in [0.2, 0.25) is 0 Å². The monoisotopic (exact) mass is 407 g/mol. The lowest BCUT2D eigenvalue weighted by atomic mass is 9.83. The van der Waals surface area contributed by atoms with Crippen LogP contribution in [0, 0.1) is 0 Å². The Morgan fingerprint density at radius 3 is 1.55 bits per heavy atom. The van der Waals surface area contributed by atoms with Gasteiger partial charge in [0.1, 0.15) is 0 Å². The summed E-state index contributed by atoms with van der Waals surface area (Å²) in [7, 11) is 10.1. The molecule has 0 atom stereocenters. The summed E-state index contributed by atoms with van der Waals surface area (Å²) in [5.74, 6) is 0. The molecule has 3 aromatic rings. The van der Waals surface area contributed by atoms with Crippen LogP contribution in [0.25, 0.3) is 11.1 Å². The quantitative estimate of drug-likeness (QED) is 0.547. The predicted molar refractivity (Wildman–Crippen MR) is 135 cm³/mol. The highest BCUT2D eigenvalue weighted by Crippen LogP contribution is 2.38. The molecule has 31 heavy (non-hydrogen) atoms. The first-order valence-corrected chi connectivity index (χ1v) is 10.5. The van der Waals surface area contributed by atoms with Gasteiger partial charge in [0, 0.05) is 52.2 Å². The molecule has 156 valence electrons. The minimum Gasteiger partial charge on any atom is -0.378 e. The highest BCUT2D eigenvalue weighted by Gasteiger charge is 2.19. The molecule has 3 aromatic carbocycles. The van der Waals surface area contributed by atoms with Gasteiger partial charge in [0.25, 0.3) is 0 Å². The first-order chi connectivity index (χ1) is 15.0. The zero-order valence-corrected chi connectivity index (χ0v) is 18.9. The van der Waals surface area contributed by atoms with Gasteiger partial charge in [-0.2, -0.15) is 0 Å². The standard InChI is InChI=1S/C28H29N3/c1-29-27-19-18-26(24-8-6-7-9-25(24)27)28(20-10-14-22(15-11-20)30(2)3)21-12-16-23(17-13-21)31(4)5/h6-19H,1-5H3. The van der Waals surface area contributed by atoms with E-state index in [9.17, 15) is 0 Å². The molecule has 0 heterocycles. The van der Waals surface area contributed by atoms with E-state index in [1.165, 1.54) is 44.8 Å². The van der Waals surface area contributed by atoms with Crippen LogP contribution in [-0.4, -0.2) is 41.0 Å². The van der Waals surface area contributed by atoms with Gasteiger partial charge in [0.05, 0.1) is 5.71 Å². The van der Waals surface area contributed by atoms with E-state index in [4.69, 9.17) is 0 Å². The van der Waals surface area contributed by atoms with Crippen molar-refractivity contribution in [1.29, 1.82) is 0 Å². The largest absolute Gasteiger partial charge is 0.378 e. The maximum atomic E-state index is 4.49. The van der Waals surface area contributed by atoms with Crippen LogP contribution in [0.3, 0.4) is 0 Å². The van der Waals surface area contributed by atoms with Crippen LogP contribution >= 0.6 is 0 Å². The van der Waals surface area contributed by atoms with Gasteiger partial charge in [0.2, 0.25) is 0 Å². The third-order valence-electron chi connectivity index (χ3n) is 5.76. The van der Waals surface area contributed by atoms with Crippen LogP contribution in [0.5, 0.6) is 0 Å². The third-order valence-corrected chi connectivity index (χ3v) is 5.76. The van der Waals surface area contributed by atoms with E-state index >= 15 is 0 Å². The summed E-state index contributed by atoms with van der Waals surface area (Å²) in [6.07, 6.45) is 4.33. The normalized spacial score (nSPS) is 13.8. The summed E-state index contributed by atoms with van der Waals surface area (Å²) in [6, 6.07) is 26.1. The first kappa shape index (κ1) is 20.7. The van der Waals surface area contributed by atoms with Crippen molar-refractivity contribution in [3.63, 3.8) is 0 Å². The van der Waals surface area contributed by atoms with Crippen LogP contribution in [0.4, 0.5) is 11.4 Å². The van der Waals surface area contributed by atoms with Crippen LogP contribution in [0.1, 0.15) is 22.3 Å². The van der Waals surface area contributed by atoms with Gasteiger partial charge in [-0.05, 0) is 58.2 Å². The fourth-order valence-corrected chi connectivity index (χ4v) is 4.03. The summed E-state index contributed by atoms with van der Waals surface area (Å²) in [6.45, 7) is 0. The minimum atomic E-state index is 1.02. The zero-order valence-electron chi connectivity index (χ0n) is 18.9. The SMILES string of the molecule is CN=C1C=CC(=C(c2ccc(N(C)C)cc2)c2ccc(N(C)C)cc2)c2ccccc21. The van der Waals surface area contributed by atoms with E-state index in [2.05, 4.69) is 128 Å². The maximum absolute atomic E-state index is 4.49. The molecule has 1 aliphatic rings. The molecule has 0 bridgehead atoms. The van der Waals surface area contributed by atoms with Crippen molar-refractivity contribution in [2.24, 2.45) is 4.99 Å². The number of anilines is 2. The Morgan fingerprint density at radius 2 is 1.10 bits per heavy atom. The Labute approximate surface area is 185 Å². The second kappa shape index (κ2) is 8.65. The molecule has 3 nitrogen and oxygen atoms in total. The molecule has 1 aliphatic carbocycles. The smallest absolute Gasteiger partial charge is 0.0649 e. The van der Waals surface area contributed by atoms with E-state index in [-0.39, 0.29) is 0 Å². The predicted octanol–water partition coefficient (Wildman–Crippen LogP) is 5.77. The van der Waals surface area contributed by atoms with Gasteiger partial charge in [-0.25, -0.2) is 0 Å². The van der Waals surface area contributed by atoms with Crippen molar-refractivity contribution in [2.45, 2.75) is 0 Å². The Kier molecular flexibility index (Phi) is 5.77.